The predicted molar refractivity (Wildman–Crippen MR) is 284 cm³/mol. The third-order valence-corrected chi connectivity index (χ3v) is 14.2. The van der Waals surface area contributed by atoms with Gasteiger partial charge in [0.05, 0.1) is 6.61 Å². The number of ether oxygens (including phenoxy) is 2. The van der Waals surface area contributed by atoms with E-state index in [4.69, 9.17) is 9.47 Å². The third kappa shape index (κ3) is 55.4. The Balaban J connectivity index is 3.37. The topological polar surface area (TPSA) is 72.8 Å². The van der Waals surface area contributed by atoms with Gasteiger partial charge in [0.2, 0.25) is 0 Å². The zero-order chi connectivity index (χ0) is 47.0. The number of carbonyl (C=O) groups is 2. The maximum Gasteiger partial charge on any atom is 0.306 e. The van der Waals surface area contributed by atoms with E-state index in [1.54, 1.807) is 0 Å². The molecule has 65 heavy (non-hydrogen) atoms. The maximum absolute atomic E-state index is 12.3. The molecule has 0 fully saturated rings. The highest BCUT2D eigenvalue weighted by atomic mass is 16.6. The highest BCUT2D eigenvalue weighted by molar-refractivity contribution is 5.70. The van der Waals surface area contributed by atoms with Crippen molar-refractivity contribution < 1.29 is 24.2 Å². The number of aliphatic hydroxyl groups excluding tert-OH is 1. The van der Waals surface area contributed by atoms with Crippen LogP contribution >= 0.6 is 0 Å². The Bertz CT molecular complexity index is 906. The standard InChI is InChI=1S/C60H118O5/c1-3-5-7-9-11-13-15-17-19-21-23-25-26-27-28-29-30-31-32-33-35-37-39-41-43-45-47-49-51-53-55-60(63)65-58(56-61)57-64-59(62)54-52-50-48-46-44-42-40-38-36-34-24-22-20-18-16-14-12-10-8-6-4-2/h58,61H,3-57H2,1-2H3. The molecule has 1 unspecified atom stereocenters. The molecular weight excluding hydrogens is 801 g/mol. The van der Waals surface area contributed by atoms with Gasteiger partial charge >= 0.3 is 11.9 Å². The Morgan fingerprint density at radius 3 is 0.677 bits per heavy atom. The van der Waals surface area contributed by atoms with Crippen molar-refractivity contribution >= 4 is 11.9 Å². The molecule has 0 radical (unpaired) electrons. The van der Waals surface area contributed by atoms with Crippen LogP contribution in [0.4, 0.5) is 0 Å². The Hall–Kier alpha value is -1.10. The van der Waals surface area contributed by atoms with Gasteiger partial charge in [-0.15, -0.1) is 0 Å². The van der Waals surface area contributed by atoms with Crippen molar-refractivity contribution in [3.8, 4) is 0 Å². The minimum absolute atomic E-state index is 0.0556. The monoisotopic (exact) mass is 919 g/mol. The summed E-state index contributed by atoms with van der Waals surface area (Å²) in [4.78, 5) is 24.5. The Kier molecular flexibility index (Phi) is 56.3. The molecule has 0 spiro atoms. The van der Waals surface area contributed by atoms with Crippen LogP contribution in [0.5, 0.6) is 0 Å². The van der Waals surface area contributed by atoms with E-state index in [0.717, 1.165) is 32.1 Å². The largest absolute Gasteiger partial charge is 0.462 e. The summed E-state index contributed by atoms with van der Waals surface area (Å²) in [6.07, 6.45) is 69.6. The molecule has 0 bridgehead atoms. The molecule has 0 saturated carbocycles. The van der Waals surface area contributed by atoms with Gasteiger partial charge in [0.15, 0.2) is 6.10 Å². The maximum atomic E-state index is 12.3. The van der Waals surface area contributed by atoms with E-state index in [-0.39, 0.29) is 25.2 Å². The molecular formula is C60H118O5. The molecule has 0 aliphatic heterocycles. The van der Waals surface area contributed by atoms with Gasteiger partial charge in [-0.05, 0) is 12.8 Å². The molecule has 1 N–H and O–H groups in total. The van der Waals surface area contributed by atoms with Gasteiger partial charge in [0, 0.05) is 12.8 Å². The summed E-state index contributed by atoms with van der Waals surface area (Å²) in [6.45, 7) is 4.21. The second-order valence-electron chi connectivity index (χ2n) is 20.8. The average Bonchev–Trinajstić information content (AvgIpc) is 3.31. The van der Waals surface area contributed by atoms with Gasteiger partial charge in [0.1, 0.15) is 6.61 Å². The number of rotatable bonds is 57. The van der Waals surface area contributed by atoms with Crippen LogP contribution in [0.1, 0.15) is 354 Å². The van der Waals surface area contributed by atoms with Crippen molar-refractivity contribution in [1.82, 2.24) is 0 Å². The smallest absolute Gasteiger partial charge is 0.306 e. The predicted octanol–water partition coefficient (Wildman–Crippen LogP) is 20.1. The van der Waals surface area contributed by atoms with Crippen LogP contribution in [0.2, 0.25) is 0 Å². The first kappa shape index (κ1) is 63.9. The third-order valence-electron chi connectivity index (χ3n) is 14.2. The van der Waals surface area contributed by atoms with E-state index in [2.05, 4.69) is 13.8 Å². The molecule has 5 heteroatoms. The van der Waals surface area contributed by atoms with Gasteiger partial charge in [0.25, 0.3) is 0 Å². The van der Waals surface area contributed by atoms with Crippen LogP contribution in [0.3, 0.4) is 0 Å². The highest BCUT2D eigenvalue weighted by Gasteiger charge is 2.16. The summed E-state index contributed by atoms with van der Waals surface area (Å²) in [5.74, 6) is -0.562. The molecule has 1 atom stereocenters. The Labute approximate surface area is 408 Å². The van der Waals surface area contributed by atoms with Crippen molar-refractivity contribution in [3.05, 3.63) is 0 Å². The number of hydrogen-bond donors (Lipinski definition) is 1. The summed E-state index contributed by atoms with van der Waals surface area (Å²) in [5, 5.41) is 9.66. The van der Waals surface area contributed by atoms with E-state index in [1.165, 1.54) is 295 Å². The van der Waals surface area contributed by atoms with Gasteiger partial charge in [-0.1, -0.05) is 328 Å². The lowest BCUT2D eigenvalue weighted by atomic mass is 10.0. The second kappa shape index (κ2) is 57.2. The number of esters is 2. The first-order chi connectivity index (χ1) is 32.1. The fourth-order valence-electron chi connectivity index (χ4n) is 9.62. The van der Waals surface area contributed by atoms with E-state index in [0.29, 0.717) is 12.8 Å². The molecule has 0 aromatic carbocycles. The molecule has 0 saturated heterocycles. The van der Waals surface area contributed by atoms with E-state index >= 15 is 0 Å². The van der Waals surface area contributed by atoms with Gasteiger partial charge in [-0.25, -0.2) is 0 Å². The van der Waals surface area contributed by atoms with Crippen molar-refractivity contribution in [3.63, 3.8) is 0 Å². The fourth-order valence-corrected chi connectivity index (χ4v) is 9.62. The quantitative estimate of drug-likeness (QED) is 0.0486. The summed E-state index contributed by atoms with van der Waals surface area (Å²) < 4.78 is 10.7. The van der Waals surface area contributed by atoms with Crippen LogP contribution in [0.25, 0.3) is 0 Å². The molecule has 0 aromatic heterocycles. The van der Waals surface area contributed by atoms with Crippen LogP contribution in [0, 0.1) is 0 Å². The van der Waals surface area contributed by atoms with Crippen LogP contribution in [0.15, 0.2) is 0 Å². The molecule has 0 aromatic rings. The van der Waals surface area contributed by atoms with E-state index < -0.39 is 6.10 Å². The van der Waals surface area contributed by atoms with Crippen LogP contribution in [-0.4, -0.2) is 36.4 Å². The highest BCUT2D eigenvalue weighted by Crippen LogP contribution is 2.19. The van der Waals surface area contributed by atoms with Gasteiger partial charge in [-0.2, -0.15) is 0 Å². The van der Waals surface area contributed by atoms with Crippen molar-refractivity contribution in [2.75, 3.05) is 13.2 Å². The summed E-state index contributed by atoms with van der Waals surface area (Å²) in [5.41, 5.74) is 0. The lowest BCUT2D eigenvalue weighted by molar-refractivity contribution is -0.161. The molecule has 0 rings (SSSR count). The number of aliphatic hydroxyl groups is 1. The molecule has 5 nitrogen and oxygen atoms in total. The first-order valence-electron chi connectivity index (χ1n) is 30.1. The lowest BCUT2D eigenvalue weighted by Crippen LogP contribution is -2.28. The van der Waals surface area contributed by atoms with Gasteiger partial charge < -0.3 is 14.6 Å². The van der Waals surface area contributed by atoms with Crippen LogP contribution in [-0.2, 0) is 19.1 Å². The molecule has 0 aliphatic rings. The van der Waals surface area contributed by atoms with E-state index in [1.807, 2.05) is 0 Å². The average molecular weight is 920 g/mol. The lowest BCUT2D eigenvalue weighted by Gasteiger charge is -2.15. The summed E-state index contributed by atoms with van der Waals surface area (Å²) >= 11 is 0. The number of unbranched alkanes of at least 4 members (excludes halogenated alkanes) is 49. The number of hydrogen-bond acceptors (Lipinski definition) is 5. The van der Waals surface area contributed by atoms with Crippen molar-refractivity contribution in [2.45, 2.75) is 360 Å². The first-order valence-corrected chi connectivity index (χ1v) is 30.1. The van der Waals surface area contributed by atoms with Crippen molar-refractivity contribution in [2.24, 2.45) is 0 Å². The van der Waals surface area contributed by atoms with E-state index in [9.17, 15) is 14.7 Å². The second-order valence-corrected chi connectivity index (χ2v) is 20.8. The number of carbonyl (C=O) groups excluding carboxylic acids is 2. The summed E-state index contributed by atoms with van der Waals surface area (Å²) in [6, 6.07) is 0. The minimum Gasteiger partial charge on any atom is -0.462 e. The summed E-state index contributed by atoms with van der Waals surface area (Å²) in [7, 11) is 0. The molecule has 0 heterocycles. The molecule has 388 valence electrons. The molecule has 0 amide bonds. The zero-order valence-corrected chi connectivity index (χ0v) is 44.5. The Morgan fingerprint density at radius 2 is 0.477 bits per heavy atom. The molecule has 0 aliphatic carbocycles. The minimum atomic E-state index is -0.764. The van der Waals surface area contributed by atoms with Crippen molar-refractivity contribution in [1.29, 1.82) is 0 Å². The normalized spacial score (nSPS) is 12.0. The zero-order valence-electron chi connectivity index (χ0n) is 44.5. The Morgan fingerprint density at radius 1 is 0.292 bits per heavy atom. The fraction of sp³-hybridized carbons (Fsp3) is 0.967. The SMILES string of the molecule is CCCCCCCCCCCCCCCCCCCCCCCCCCCCCCCCC(=O)OC(CO)COC(=O)CCCCCCCCCCCCCCCCCCCCCCC. The van der Waals surface area contributed by atoms with Gasteiger partial charge in [-0.3, -0.25) is 9.59 Å². The van der Waals surface area contributed by atoms with Crippen LogP contribution < -0.4 is 0 Å².